The van der Waals surface area contributed by atoms with Crippen LogP contribution < -0.4 is 11.1 Å². The molecule has 0 amide bonds. The normalized spacial score (nSPS) is 29.6. The van der Waals surface area contributed by atoms with Crippen molar-refractivity contribution in [1.29, 1.82) is 0 Å². The monoisotopic (exact) mass is 370 g/mol. The maximum Gasteiger partial charge on any atom is 0.0142 e. The van der Waals surface area contributed by atoms with Crippen molar-refractivity contribution in [3.05, 3.63) is 41.5 Å². The van der Waals surface area contributed by atoms with Gasteiger partial charge in [0, 0.05) is 18.1 Å². The molecule has 0 aliphatic heterocycles. The summed E-state index contributed by atoms with van der Waals surface area (Å²) < 4.78 is 0. The second kappa shape index (κ2) is 9.82. The molecule has 2 aliphatic carbocycles. The van der Waals surface area contributed by atoms with Crippen molar-refractivity contribution in [3.8, 4) is 0 Å². The van der Waals surface area contributed by atoms with Gasteiger partial charge in [0.2, 0.25) is 0 Å². The maximum absolute atomic E-state index is 6.01. The lowest BCUT2D eigenvalue weighted by molar-refractivity contribution is 0.338. The molecule has 1 aromatic rings. The highest BCUT2D eigenvalue weighted by atomic mass is 35.5. The topological polar surface area (TPSA) is 38.0 Å². The summed E-state index contributed by atoms with van der Waals surface area (Å²) >= 11 is 0. The van der Waals surface area contributed by atoms with Crippen LogP contribution >= 0.6 is 24.8 Å². The van der Waals surface area contributed by atoms with Crippen LogP contribution in [0.15, 0.2) is 35.9 Å². The quantitative estimate of drug-likeness (QED) is 0.779. The van der Waals surface area contributed by atoms with Crippen LogP contribution in [0.3, 0.4) is 0 Å². The molecule has 2 atom stereocenters. The number of benzene rings is 1. The van der Waals surface area contributed by atoms with Gasteiger partial charge in [-0.3, -0.25) is 0 Å². The lowest BCUT2D eigenvalue weighted by Crippen LogP contribution is -2.39. The molecule has 0 unspecified atom stereocenters. The zero-order valence-electron chi connectivity index (χ0n) is 14.8. The van der Waals surface area contributed by atoms with Gasteiger partial charge >= 0.3 is 0 Å². The van der Waals surface area contributed by atoms with Crippen LogP contribution in [0.4, 0.5) is 0 Å². The minimum atomic E-state index is 0. The molecule has 136 valence electrons. The van der Waals surface area contributed by atoms with E-state index in [1.807, 2.05) is 0 Å². The molecule has 3 N–H and O–H groups in total. The van der Waals surface area contributed by atoms with E-state index < -0.39 is 0 Å². The SMILES string of the molecule is CC(C)/C(=C\c1ccccc1)[C@@H]1C[C@H]1N[C@H]1CC[C@H](N)CC1.Cl.Cl. The number of halogens is 2. The number of rotatable bonds is 5. The predicted molar refractivity (Wildman–Crippen MR) is 109 cm³/mol. The van der Waals surface area contributed by atoms with Crippen molar-refractivity contribution < 1.29 is 0 Å². The van der Waals surface area contributed by atoms with Gasteiger partial charge in [0.15, 0.2) is 0 Å². The van der Waals surface area contributed by atoms with Crippen LogP contribution in [0.5, 0.6) is 0 Å². The third-order valence-electron chi connectivity index (χ3n) is 5.24. The smallest absolute Gasteiger partial charge is 0.0142 e. The van der Waals surface area contributed by atoms with Gasteiger partial charge < -0.3 is 11.1 Å². The van der Waals surface area contributed by atoms with Gasteiger partial charge in [0.25, 0.3) is 0 Å². The molecule has 0 aromatic heterocycles. The molecule has 0 bridgehead atoms. The fourth-order valence-electron chi connectivity index (χ4n) is 3.78. The number of nitrogens with two attached hydrogens (primary N) is 1. The molecule has 4 heteroatoms. The van der Waals surface area contributed by atoms with Gasteiger partial charge in [0.05, 0.1) is 0 Å². The molecule has 0 saturated heterocycles. The fraction of sp³-hybridized carbons (Fsp3) is 0.600. The zero-order valence-corrected chi connectivity index (χ0v) is 16.4. The number of nitrogens with one attached hydrogen (secondary N) is 1. The fourth-order valence-corrected chi connectivity index (χ4v) is 3.78. The lowest BCUT2D eigenvalue weighted by Gasteiger charge is -2.27. The predicted octanol–water partition coefficient (Wildman–Crippen LogP) is 4.82. The summed E-state index contributed by atoms with van der Waals surface area (Å²) in [6, 6.07) is 12.6. The summed E-state index contributed by atoms with van der Waals surface area (Å²) in [4.78, 5) is 0. The Morgan fingerprint density at radius 1 is 1.08 bits per heavy atom. The van der Waals surface area contributed by atoms with E-state index in [1.54, 1.807) is 5.57 Å². The Kier molecular flexibility index (Phi) is 8.80. The molecule has 24 heavy (non-hydrogen) atoms. The lowest BCUT2D eigenvalue weighted by atomic mass is 9.91. The Hall–Kier alpha value is -0.540. The van der Waals surface area contributed by atoms with Crippen molar-refractivity contribution in [3.63, 3.8) is 0 Å². The van der Waals surface area contributed by atoms with Crippen molar-refractivity contribution in [1.82, 2.24) is 5.32 Å². The van der Waals surface area contributed by atoms with Gasteiger partial charge in [0.1, 0.15) is 0 Å². The van der Waals surface area contributed by atoms with Gasteiger partial charge in [-0.05, 0) is 49.5 Å². The summed E-state index contributed by atoms with van der Waals surface area (Å²) in [5.41, 5.74) is 8.95. The first kappa shape index (κ1) is 21.5. The van der Waals surface area contributed by atoms with E-state index in [2.05, 4.69) is 55.6 Å². The van der Waals surface area contributed by atoms with Gasteiger partial charge in [-0.15, -0.1) is 24.8 Å². The largest absolute Gasteiger partial charge is 0.328 e. The minimum Gasteiger partial charge on any atom is -0.328 e. The standard InChI is InChI=1S/C20H30N2.2ClH/c1-14(2)18(12-15-6-4-3-5-7-15)19-13-20(19)22-17-10-8-16(21)9-11-17;;/h3-7,12,14,16-17,19-20,22H,8-11,13,21H2,1-2H3;2*1H/b18-12+;;/t16-,17-,19-,20+;;/m0../s1. The highest BCUT2D eigenvalue weighted by Crippen LogP contribution is 2.42. The Bertz CT molecular complexity index is 508. The van der Waals surface area contributed by atoms with E-state index in [0.29, 0.717) is 24.0 Å². The van der Waals surface area contributed by atoms with E-state index in [0.717, 1.165) is 5.92 Å². The maximum atomic E-state index is 6.01. The summed E-state index contributed by atoms with van der Waals surface area (Å²) in [6.45, 7) is 4.65. The second-order valence-electron chi connectivity index (χ2n) is 7.44. The highest BCUT2D eigenvalue weighted by molar-refractivity contribution is 5.85. The van der Waals surface area contributed by atoms with Crippen molar-refractivity contribution in [2.24, 2.45) is 17.6 Å². The molecule has 0 heterocycles. The summed E-state index contributed by atoms with van der Waals surface area (Å²) in [6.07, 6.45) is 8.60. The average molecular weight is 371 g/mol. The van der Waals surface area contributed by atoms with Gasteiger partial charge in [-0.2, -0.15) is 0 Å². The van der Waals surface area contributed by atoms with Crippen LogP contribution in [0.1, 0.15) is 51.5 Å². The van der Waals surface area contributed by atoms with Crippen LogP contribution in [0.2, 0.25) is 0 Å². The summed E-state index contributed by atoms with van der Waals surface area (Å²) in [7, 11) is 0. The molecule has 2 fully saturated rings. The highest BCUT2D eigenvalue weighted by Gasteiger charge is 2.41. The first-order valence-electron chi connectivity index (χ1n) is 8.91. The summed E-state index contributed by atoms with van der Waals surface area (Å²) in [5.74, 6) is 1.35. The molecule has 2 nitrogen and oxygen atoms in total. The first-order chi connectivity index (χ1) is 10.6. The molecule has 0 spiro atoms. The van der Waals surface area contributed by atoms with Crippen molar-refractivity contribution >= 4 is 30.9 Å². The molecule has 2 aliphatic rings. The summed E-state index contributed by atoms with van der Waals surface area (Å²) in [5, 5.41) is 3.89. The first-order valence-corrected chi connectivity index (χ1v) is 8.91. The Morgan fingerprint density at radius 2 is 1.71 bits per heavy atom. The van der Waals surface area contributed by atoms with E-state index in [4.69, 9.17) is 5.73 Å². The Balaban J connectivity index is 0.00000144. The van der Waals surface area contributed by atoms with E-state index in [-0.39, 0.29) is 24.8 Å². The zero-order chi connectivity index (χ0) is 15.5. The Morgan fingerprint density at radius 3 is 2.29 bits per heavy atom. The third kappa shape index (κ3) is 5.77. The molecule has 1 aromatic carbocycles. The van der Waals surface area contributed by atoms with E-state index in [1.165, 1.54) is 37.7 Å². The molecule has 3 rings (SSSR count). The van der Waals surface area contributed by atoms with Crippen LogP contribution in [-0.4, -0.2) is 18.1 Å². The Labute approximate surface area is 159 Å². The van der Waals surface area contributed by atoms with Crippen LogP contribution in [0, 0.1) is 11.8 Å². The number of hydrogen-bond donors (Lipinski definition) is 2. The number of hydrogen-bond acceptors (Lipinski definition) is 2. The van der Waals surface area contributed by atoms with Gasteiger partial charge in [-0.1, -0.05) is 55.8 Å². The molecular formula is C20H32Cl2N2. The third-order valence-corrected chi connectivity index (χ3v) is 5.24. The molecular weight excluding hydrogens is 339 g/mol. The molecule has 0 radical (unpaired) electrons. The van der Waals surface area contributed by atoms with Gasteiger partial charge in [-0.25, -0.2) is 0 Å². The van der Waals surface area contributed by atoms with Crippen LogP contribution in [-0.2, 0) is 0 Å². The van der Waals surface area contributed by atoms with E-state index >= 15 is 0 Å². The van der Waals surface area contributed by atoms with Crippen molar-refractivity contribution in [2.45, 2.75) is 64.1 Å². The second-order valence-corrected chi connectivity index (χ2v) is 7.44. The van der Waals surface area contributed by atoms with Crippen LogP contribution in [0.25, 0.3) is 6.08 Å². The molecule has 2 saturated carbocycles. The average Bonchev–Trinajstić information content (AvgIpc) is 3.27. The minimum absolute atomic E-state index is 0. The van der Waals surface area contributed by atoms with Crippen molar-refractivity contribution in [2.75, 3.05) is 0 Å². The van der Waals surface area contributed by atoms with E-state index in [9.17, 15) is 0 Å².